The minimum atomic E-state index is -0.430. The van der Waals surface area contributed by atoms with E-state index in [1.807, 2.05) is 27.7 Å². The monoisotopic (exact) mass is 216 g/mol. The summed E-state index contributed by atoms with van der Waals surface area (Å²) >= 11 is 0. The van der Waals surface area contributed by atoms with Crippen LogP contribution in [0.5, 0.6) is 0 Å². The number of unbranched alkanes of at least 4 members (excludes halogenated alkanes) is 1. The fourth-order valence-electron chi connectivity index (χ4n) is 1.18. The van der Waals surface area contributed by atoms with Crippen LogP contribution in [0.4, 0.5) is 4.79 Å². The molecule has 0 radical (unpaired) electrons. The smallest absolute Gasteiger partial charge is 0.407 e. The molecule has 90 valence electrons. The van der Waals surface area contributed by atoms with Crippen LogP contribution in [0.2, 0.25) is 0 Å². The van der Waals surface area contributed by atoms with Crippen LogP contribution >= 0.6 is 0 Å². The van der Waals surface area contributed by atoms with Crippen molar-refractivity contribution in [2.24, 2.45) is 5.73 Å². The Morgan fingerprint density at radius 1 is 1.40 bits per heavy atom. The molecule has 1 atom stereocenters. The molecule has 0 unspecified atom stereocenters. The number of carbonyl (C=O) groups is 1. The highest BCUT2D eigenvalue weighted by atomic mass is 16.6. The first kappa shape index (κ1) is 14.2. The van der Waals surface area contributed by atoms with E-state index < -0.39 is 5.60 Å². The molecule has 0 aliphatic rings. The number of hydrogen-bond donors (Lipinski definition) is 2. The van der Waals surface area contributed by atoms with Gasteiger partial charge in [-0.1, -0.05) is 6.42 Å². The van der Waals surface area contributed by atoms with Gasteiger partial charge in [0.05, 0.1) is 0 Å². The zero-order valence-corrected chi connectivity index (χ0v) is 10.3. The van der Waals surface area contributed by atoms with Crippen molar-refractivity contribution in [2.45, 2.75) is 58.6 Å². The van der Waals surface area contributed by atoms with E-state index in [2.05, 4.69) is 5.32 Å². The quantitative estimate of drug-likeness (QED) is 0.691. The van der Waals surface area contributed by atoms with Gasteiger partial charge in [0.25, 0.3) is 0 Å². The molecule has 0 aromatic rings. The van der Waals surface area contributed by atoms with E-state index in [1.165, 1.54) is 0 Å². The first-order valence-electron chi connectivity index (χ1n) is 5.54. The molecule has 4 heteroatoms. The highest BCUT2D eigenvalue weighted by Gasteiger charge is 2.17. The summed E-state index contributed by atoms with van der Waals surface area (Å²) in [5.74, 6) is 0. The summed E-state index contributed by atoms with van der Waals surface area (Å²) in [5, 5.41) is 2.79. The Labute approximate surface area is 92.6 Å². The Kier molecular flexibility index (Phi) is 6.32. The molecular weight excluding hydrogens is 192 g/mol. The largest absolute Gasteiger partial charge is 0.444 e. The van der Waals surface area contributed by atoms with Gasteiger partial charge in [0.15, 0.2) is 0 Å². The van der Waals surface area contributed by atoms with Gasteiger partial charge in [-0.25, -0.2) is 4.79 Å². The topological polar surface area (TPSA) is 64.3 Å². The Hall–Kier alpha value is -0.770. The number of amides is 1. The lowest BCUT2D eigenvalue weighted by Crippen LogP contribution is -2.37. The van der Waals surface area contributed by atoms with Crippen LogP contribution in [0.25, 0.3) is 0 Å². The third-order valence-corrected chi connectivity index (χ3v) is 1.85. The average Bonchev–Trinajstić information content (AvgIpc) is 2.00. The van der Waals surface area contributed by atoms with E-state index in [9.17, 15) is 4.79 Å². The van der Waals surface area contributed by atoms with Crippen LogP contribution in [-0.4, -0.2) is 24.3 Å². The second kappa shape index (κ2) is 6.67. The first-order valence-corrected chi connectivity index (χ1v) is 5.54. The van der Waals surface area contributed by atoms with Gasteiger partial charge in [-0.2, -0.15) is 0 Å². The van der Waals surface area contributed by atoms with Crippen molar-refractivity contribution < 1.29 is 9.53 Å². The van der Waals surface area contributed by atoms with E-state index in [-0.39, 0.29) is 12.1 Å². The van der Waals surface area contributed by atoms with Crippen molar-refractivity contribution >= 4 is 6.09 Å². The molecule has 0 aromatic carbocycles. The molecule has 0 saturated heterocycles. The summed E-state index contributed by atoms with van der Waals surface area (Å²) in [6, 6.07) is 0.145. The average molecular weight is 216 g/mol. The zero-order chi connectivity index (χ0) is 11.9. The summed E-state index contributed by atoms with van der Waals surface area (Å²) < 4.78 is 5.14. The normalized spacial score (nSPS) is 13.4. The van der Waals surface area contributed by atoms with Crippen LogP contribution < -0.4 is 11.1 Å². The van der Waals surface area contributed by atoms with E-state index >= 15 is 0 Å². The number of ether oxygens (including phenoxy) is 1. The molecule has 1 amide bonds. The van der Waals surface area contributed by atoms with Gasteiger partial charge in [0.2, 0.25) is 0 Å². The Bertz CT molecular complexity index is 188. The molecule has 0 saturated carbocycles. The van der Waals surface area contributed by atoms with Crippen LogP contribution in [0.3, 0.4) is 0 Å². The Balaban J connectivity index is 3.67. The molecule has 0 bridgehead atoms. The first-order chi connectivity index (χ1) is 6.85. The third kappa shape index (κ3) is 9.53. The lowest BCUT2D eigenvalue weighted by Gasteiger charge is -2.21. The van der Waals surface area contributed by atoms with E-state index in [0.29, 0.717) is 6.54 Å². The molecule has 15 heavy (non-hydrogen) atoms. The summed E-state index contributed by atoms with van der Waals surface area (Å²) in [5.41, 5.74) is 4.96. The molecule has 0 aliphatic carbocycles. The van der Waals surface area contributed by atoms with Gasteiger partial charge in [-0.15, -0.1) is 0 Å². The molecule has 3 N–H and O–H groups in total. The van der Waals surface area contributed by atoms with Gasteiger partial charge >= 0.3 is 6.09 Å². The van der Waals surface area contributed by atoms with Crippen molar-refractivity contribution in [3.05, 3.63) is 0 Å². The third-order valence-electron chi connectivity index (χ3n) is 1.85. The fraction of sp³-hybridized carbons (Fsp3) is 0.909. The molecule has 0 rings (SSSR count). The maximum Gasteiger partial charge on any atom is 0.407 e. The van der Waals surface area contributed by atoms with Gasteiger partial charge in [0.1, 0.15) is 5.60 Å². The van der Waals surface area contributed by atoms with Crippen molar-refractivity contribution in [3.63, 3.8) is 0 Å². The van der Waals surface area contributed by atoms with Crippen molar-refractivity contribution in [1.29, 1.82) is 0 Å². The summed E-state index contributed by atoms with van der Waals surface area (Å²) in [7, 11) is 0. The minimum Gasteiger partial charge on any atom is -0.444 e. The fourth-order valence-corrected chi connectivity index (χ4v) is 1.18. The lowest BCUT2D eigenvalue weighted by atomic mass is 10.1. The molecule has 0 aromatic heterocycles. The van der Waals surface area contributed by atoms with Crippen LogP contribution in [0, 0.1) is 0 Å². The number of carbonyl (C=O) groups excluding carboxylic acids is 1. The number of hydrogen-bond acceptors (Lipinski definition) is 3. The van der Waals surface area contributed by atoms with Crippen LogP contribution in [0.15, 0.2) is 0 Å². The maximum atomic E-state index is 11.3. The molecule has 0 heterocycles. The van der Waals surface area contributed by atoms with E-state index in [1.54, 1.807) is 0 Å². The van der Waals surface area contributed by atoms with Gasteiger partial charge in [0, 0.05) is 6.04 Å². The molecule has 4 nitrogen and oxygen atoms in total. The van der Waals surface area contributed by atoms with Crippen molar-refractivity contribution in [2.75, 3.05) is 6.54 Å². The summed E-state index contributed by atoms with van der Waals surface area (Å²) in [6.07, 6.45) is 2.63. The molecule has 0 spiro atoms. The number of alkyl carbamates (subject to hydrolysis) is 1. The van der Waals surface area contributed by atoms with Crippen LogP contribution in [0.1, 0.15) is 47.0 Å². The predicted molar refractivity (Wildman–Crippen MR) is 61.7 cm³/mol. The Morgan fingerprint density at radius 2 is 2.00 bits per heavy atom. The minimum absolute atomic E-state index is 0.145. The highest BCUT2D eigenvalue weighted by molar-refractivity contribution is 5.67. The lowest BCUT2D eigenvalue weighted by molar-refractivity contribution is 0.0506. The number of nitrogens with two attached hydrogens (primary N) is 1. The maximum absolute atomic E-state index is 11.3. The van der Waals surface area contributed by atoms with E-state index in [4.69, 9.17) is 10.5 Å². The van der Waals surface area contributed by atoms with Gasteiger partial charge in [-0.3, -0.25) is 0 Å². The standard InChI is InChI=1S/C11H24N2O2/c1-9(7-5-6-8-12)13-10(14)15-11(2,3)4/h9H,5-8,12H2,1-4H3,(H,13,14)/t9-/m0/s1. The predicted octanol–water partition coefficient (Wildman–Crippen LogP) is 2.03. The summed E-state index contributed by atoms with van der Waals surface area (Å²) in [4.78, 5) is 11.3. The second-order valence-corrected chi connectivity index (χ2v) is 4.83. The van der Waals surface area contributed by atoms with Crippen molar-refractivity contribution in [3.8, 4) is 0 Å². The van der Waals surface area contributed by atoms with Gasteiger partial charge < -0.3 is 15.8 Å². The SMILES string of the molecule is C[C@@H](CCCCN)NC(=O)OC(C)(C)C. The molecule has 0 fully saturated rings. The molecular formula is C11H24N2O2. The summed E-state index contributed by atoms with van der Waals surface area (Å²) in [6.45, 7) is 8.24. The highest BCUT2D eigenvalue weighted by Crippen LogP contribution is 2.07. The number of nitrogens with one attached hydrogen (secondary N) is 1. The van der Waals surface area contributed by atoms with Crippen LogP contribution in [-0.2, 0) is 4.74 Å². The molecule has 0 aliphatic heterocycles. The van der Waals surface area contributed by atoms with Gasteiger partial charge in [-0.05, 0) is 47.1 Å². The number of rotatable bonds is 5. The Morgan fingerprint density at radius 3 is 2.47 bits per heavy atom. The van der Waals surface area contributed by atoms with E-state index in [0.717, 1.165) is 19.3 Å². The second-order valence-electron chi connectivity index (χ2n) is 4.83. The zero-order valence-electron chi connectivity index (χ0n) is 10.3. The van der Waals surface area contributed by atoms with Crippen molar-refractivity contribution in [1.82, 2.24) is 5.32 Å².